The van der Waals surface area contributed by atoms with Gasteiger partial charge in [-0.25, -0.2) is 0 Å². The van der Waals surface area contributed by atoms with Gasteiger partial charge in [-0.15, -0.1) is 11.8 Å². The second-order valence-corrected chi connectivity index (χ2v) is 5.92. The summed E-state index contributed by atoms with van der Waals surface area (Å²) < 4.78 is 5.91. The van der Waals surface area contributed by atoms with Gasteiger partial charge in [-0.2, -0.15) is 0 Å². The van der Waals surface area contributed by atoms with Gasteiger partial charge in [0.05, 0.1) is 0 Å². The summed E-state index contributed by atoms with van der Waals surface area (Å²) in [6, 6.07) is 14.5. The molecule has 0 amide bonds. The first-order chi connectivity index (χ1) is 10.2. The summed E-state index contributed by atoms with van der Waals surface area (Å²) in [5, 5.41) is 3.43. The monoisotopic (exact) mass is 301 g/mol. The summed E-state index contributed by atoms with van der Waals surface area (Å²) >= 11 is 1.74. The van der Waals surface area contributed by atoms with E-state index in [2.05, 4.69) is 49.7 Å². The SMILES string of the molecule is CCCNCc1ccc(Oc2ccc(SC)cc2)cc1C. The number of rotatable bonds is 7. The molecule has 2 aromatic carbocycles. The Balaban J connectivity index is 2.01. The third-order valence-corrected chi connectivity index (χ3v) is 4.09. The lowest BCUT2D eigenvalue weighted by atomic mass is 10.1. The van der Waals surface area contributed by atoms with E-state index in [1.807, 2.05) is 18.2 Å². The Morgan fingerprint density at radius 3 is 2.38 bits per heavy atom. The Labute approximate surface area is 131 Å². The molecule has 0 saturated heterocycles. The molecule has 0 bridgehead atoms. The maximum Gasteiger partial charge on any atom is 0.127 e. The van der Waals surface area contributed by atoms with Crippen LogP contribution in [0.1, 0.15) is 24.5 Å². The third-order valence-electron chi connectivity index (χ3n) is 3.35. The first kappa shape index (κ1) is 15.9. The molecule has 2 rings (SSSR count). The first-order valence-electron chi connectivity index (χ1n) is 7.35. The molecule has 1 N–H and O–H groups in total. The second kappa shape index (κ2) is 8.11. The van der Waals surface area contributed by atoms with Crippen molar-refractivity contribution in [2.45, 2.75) is 31.7 Å². The van der Waals surface area contributed by atoms with Crippen molar-refractivity contribution in [2.24, 2.45) is 0 Å². The number of thioether (sulfide) groups is 1. The minimum absolute atomic E-state index is 0.879. The van der Waals surface area contributed by atoms with E-state index in [9.17, 15) is 0 Å². The highest BCUT2D eigenvalue weighted by atomic mass is 32.2. The van der Waals surface area contributed by atoms with Gasteiger partial charge in [-0.1, -0.05) is 13.0 Å². The molecule has 0 saturated carbocycles. The molecule has 2 nitrogen and oxygen atoms in total. The Hall–Kier alpha value is -1.45. The fourth-order valence-electron chi connectivity index (χ4n) is 2.11. The predicted octanol–water partition coefficient (Wildman–Crippen LogP) is 5.01. The van der Waals surface area contributed by atoms with E-state index in [4.69, 9.17) is 4.74 Å². The highest BCUT2D eigenvalue weighted by molar-refractivity contribution is 7.98. The minimum atomic E-state index is 0.879. The molecule has 0 radical (unpaired) electrons. The maximum absolute atomic E-state index is 5.91. The first-order valence-corrected chi connectivity index (χ1v) is 8.57. The van der Waals surface area contributed by atoms with Gasteiger partial charge in [-0.3, -0.25) is 0 Å². The van der Waals surface area contributed by atoms with Gasteiger partial charge in [0.1, 0.15) is 11.5 Å². The van der Waals surface area contributed by atoms with Crippen molar-refractivity contribution in [3.63, 3.8) is 0 Å². The van der Waals surface area contributed by atoms with Crippen LogP contribution >= 0.6 is 11.8 Å². The average molecular weight is 301 g/mol. The Kier molecular flexibility index (Phi) is 6.15. The number of aryl methyl sites for hydroxylation is 1. The van der Waals surface area contributed by atoms with Crippen molar-refractivity contribution < 1.29 is 4.74 Å². The smallest absolute Gasteiger partial charge is 0.127 e. The summed E-state index contributed by atoms with van der Waals surface area (Å²) in [7, 11) is 0. The molecule has 0 aliphatic rings. The highest BCUT2D eigenvalue weighted by Gasteiger charge is 2.02. The van der Waals surface area contributed by atoms with Crippen molar-refractivity contribution in [2.75, 3.05) is 12.8 Å². The summed E-state index contributed by atoms with van der Waals surface area (Å²) in [5.74, 6) is 1.77. The molecule has 0 aliphatic carbocycles. The molecule has 0 heterocycles. The van der Waals surface area contributed by atoms with Gasteiger partial charge in [-0.05, 0) is 73.7 Å². The zero-order valence-electron chi connectivity index (χ0n) is 13.0. The summed E-state index contributed by atoms with van der Waals surface area (Å²) in [5.41, 5.74) is 2.59. The lowest BCUT2D eigenvalue weighted by molar-refractivity contribution is 0.481. The van der Waals surface area contributed by atoms with Crippen LogP contribution in [0.2, 0.25) is 0 Å². The molecule has 0 unspecified atom stereocenters. The normalized spacial score (nSPS) is 10.6. The van der Waals surface area contributed by atoms with Crippen molar-refractivity contribution in [1.29, 1.82) is 0 Å². The largest absolute Gasteiger partial charge is 0.457 e. The molecule has 2 aromatic rings. The fraction of sp³-hybridized carbons (Fsp3) is 0.333. The van der Waals surface area contributed by atoms with Crippen LogP contribution in [0.15, 0.2) is 47.4 Å². The molecule has 3 heteroatoms. The molecule has 0 fully saturated rings. The van der Waals surface area contributed by atoms with Crippen molar-refractivity contribution in [3.05, 3.63) is 53.6 Å². The molecule has 0 atom stereocenters. The van der Waals surface area contributed by atoms with Crippen LogP contribution in [0.5, 0.6) is 11.5 Å². The molecule has 112 valence electrons. The van der Waals surface area contributed by atoms with Gasteiger partial charge in [0, 0.05) is 11.4 Å². The maximum atomic E-state index is 5.91. The molecule has 0 spiro atoms. The standard InChI is InChI=1S/C18H23NOS/c1-4-11-19-13-15-5-6-17(12-14(15)2)20-16-7-9-18(21-3)10-8-16/h5-10,12,19H,4,11,13H2,1-3H3. The van der Waals surface area contributed by atoms with E-state index in [1.165, 1.54) is 16.0 Å². The van der Waals surface area contributed by atoms with E-state index in [-0.39, 0.29) is 0 Å². The van der Waals surface area contributed by atoms with E-state index < -0.39 is 0 Å². The van der Waals surface area contributed by atoms with E-state index in [1.54, 1.807) is 11.8 Å². The number of hydrogen-bond donors (Lipinski definition) is 1. The van der Waals surface area contributed by atoms with E-state index in [0.717, 1.165) is 31.0 Å². The lowest BCUT2D eigenvalue weighted by Crippen LogP contribution is -2.14. The molecular formula is C18H23NOS. The number of benzene rings is 2. The number of hydrogen-bond acceptors (Lipinski definition) is 3. The quantitative estimate of drug-likeness (QED) is 0.574. The Morgan fingerprint density at radius 2 is 1.76 bits per heavy atom. The van der Waals surface area contributed by atoms with Crippen LogP contribution in [0.4, 0.5) is 0 Å². The van der Waals surface area contributed by atoms with Crippen LogP contribution in [0.25, 0.3) is 0 Å². The summed E-state index contributed by atoms with van der Waals surface area (Å²) in [6.45, 7) is 6.29. The van der Waals surface area contributed by atoms with Crippen LogP contribution in [0.3, 0.4) is 0 Å². The van der Waals surface area contributed by atoms with Gasteiger partial charge in [0.2, 0.25) is 0 Å². The van der Waals surface area contributed by atoms with Crippen molar-refractivity contribution in [3.8, 4) is 11.5 Å². The lowest BCUT2D eigenvalue weighted by Gasteiger charge is -2.11. The second-order valence-electron chi connectivity index (χ2n) is 5.04. The number of nitrogens with one attached hydrogen (secondary N) is 1. The zero-order valence-corrected chi connectivity index (χ0v) is 13.8. The Bertz CT molecular complexity index is 566. The van der Waals surface area contributed by atoms with Crippen LogP contribution < -0.4 is 10.1 Å². The average Bonchev–Trinajstić information content (AvgIpc) is 2.50. The third kappa shape index (κ3) is 4.80. The topological polar surface area (TPSA) is 21.3 Å². The zero-order chi connectivity index (χ0) is 15.1. The van der Waals surface area contributed by atoms with Crippen LogP contribution in [-0.2, 0) is 6.54 Å². The van der Waals surface area contributed by atoms with E-state index >= 15 is 0 Å². The van der Waals surface area contributed by atoms with E-state index in [0.29, 0.717) is 0 Å². The van der Waals surface area contributed by atoms with Gasteiger partial charge in [0.15, 0.2) is 0 Å². The molecular weight excluding hydrogens is 278 g/mol. The molecule has 21 heavy (non-hydrogen) atoms. The Morgan fingerprint density at radius 1 is 1.05 bits per heavy atom. The van der Waals surface area contributed by atoms with Crippen molar-refractivity contribution >= 4 is 11.8 Å². The molecule has 0 aliphatic heterocycles. The van der Waals surface area contributed by atoms with Crippen molar-refractivity contribution in [1.82, 2.24) is 5.32 Å². The highest BCUT2D eigenvalue weighted by Crippen LogP contribution is 2.26. The van der Waals surface area contributed by atoms with Gasteiger partial charge < -0.3 is 10.1 Å². The van der Waals surface area contributed by atoms with Crippen LogP contribution in [0, 0.1) is 6.92 Å². The predicted molar refractivity (Wildman–Crippen MR) is 91.5 cm³/mol. The summed E-state index contributed by atoms with van der Waals surface area (Å²) in [4.78, 5) is 1.25. The van der Waals surface area contributed by atoms with Gasteiger partial charge in [0.25, 0.3) is 0 Å². The fourth-order valence-corrected chi connectivity index (χ4v) is 2.52. The minimum Gasteiger partial charge on any atom is -0.457 e. The summed E-state index contributed by atoms with van der Waals surface area (Å²) in [6.07, 6.45) is 3.23. The van der Waals surface area contributed by atoms with Gasteiger partial charge >= 0.3 is 0 Å². The molecule has 0 aromatic heterocycles. The number of ether oxygens (including phenoxy) is 1. The van der Waals surface area contributed by atoms with Crippen LogP contribution in [-0.4, -0.2) is 12.8 Å².